The molecule has 1 aliphatic heterocycles. The minimum Gasteiger partial charge on any atom is -0.489 e. The molecule has 5 heteroatoms. The van der Waals surface area contributed by atoms with E-state index in [4.69, 9.17) is 4.74 Å². The highest BCUT2D eigenvalue weighted by Gasteiger charge is 2.35. The first-order valence-corrected chi connectivity index (χ1v) is 7.71. The Morgan fingerprint density at radius 2 is 2.15 bits per heavy atom. The lowest BCUT2D eigenvalue weighted by molar-refractivity contribution is -0.0662. The van der Waals surface area contributed by atoms with Crippen LogP contribution in [0.3, 0.4) is 0 Å². The lowest BCUT2D eigenvalue weighted by Gasteiger charge is -2.32. The van der Waals surface area contributed by atoms with Gasteiger partial charge in [0, 0.05) is 18.5 Å². The van der Waals surface area contributed by atoms with Crippen molar-refractivity contribution in [3.05, 3.63) is 28.2 Å². The van der Waals surface area contributed by atoms with Crippen LogP contribution in [0.1, 0.15) is 32.3 Å². The second-order valence-corrected chi connectivity index (χ2v) is 6.42. The third kappa shape index (κ3) is 4.16. The number of rotatable bonds is 4. The molecular weight excluding hydrogens is 328 g/mol. The summed E-state index contributed by atoms with van der Waals surface area (Å²) in [6.45, 7) is 4.96. The first kappa shape index (κ1) is 15.7. The molecule has 1 saturated heterocycles. The second-order valence-electron chi connectivity index (χ2n) is 5.56. The molecule has 0 aliphatic carbocycles. The minimum atomic E-state index is -2.57. The van der Waals surface area contributed by atoms with Gasteiger partial charge in [-0.25, -0.2) is 8.78 Å². The number of benzene rings is 1. The Balaban J connectivity index is 2.14. The number of para-hydroxylation sites is 1. The summed E-state index contributed by atoms with van der Waals surface area (Å²) in [5.74, 6) is -1.81. The molecule has 0 aromatic heterocycles. The molecule has 1 aromatic carbocycles. The van der Waals surface area contributed by atoms with Gasteiger partial charge in [-0.1, -0.05) is 12.1 Å². The van der Waals surface area contributed by atoms with Crippen molar-refractivity contribution < 1.29 is 13.5 Å². The Morgan fingerprint density at radius 3 is 2.80 bits per heavy atom. The first-order valence-electron chi connectivity index (χ1n) is 6.91. The van der Waals surface area contributed by atoms with Crippen LogP contribution >= 0.6 is 15.9 Å². The second kappa shape index (κ2) is 6.39. The average molecular weight is 348 g/mol. The van der Waals surface area contributed by atoms with E-state index in [1.54, 1.807) is 4.90 Å². The zero-order valence-corrected chi connectivity index (χ0v) is 13.4. The molecule has 0 N–H and O–H groups in total. The maximum Gasteiger partial charge on any atom is 0.260 e. The summed E-state index contributed by atoms with van der Waals surface area (Å²) < 4.78 is 33.6. The Kier molecular flexibility index (Phi) is 5.02. The zero-order chi connectivity index (χ0) is 14.8. The molecular formula is C15H20BrF2NO. The van der Waals surface area contributed by atoms with Crippen LogP contribution in [-0.2, 0) is 6.54 Å². The van der Waals surface area contributed by atoms with Gasteiger partial charge in [-0.3, -0.25) is 4.90 Å². The maximum atomic E-state index is 13.5. The summed E-state index contributed by atoms with van der Waals surface area (Å²) in [6, 6.07) is 5.76. The minimum absolute atomic E-state index is 0.00264. The van der Waals surface area contributed by atoms with Crippen LogP contribution in [0.25, 0.3) is 0 Å². The molecule has 0 unspecified atom stereocenters. The topological polar surface area (TPSA) is 12.5 Å². The van der Waals surface area contributed by atoms with Crippen LogP contribution in [0.5, 0.6) is 5.75 Å². The Morgan fingerprint density at radius 1 is 1.40 bits per heavy atom. The van der Waals surface area contributed by atoms with E-state index in [-0.39, 0.29) is 19.1 Å². The fraction of sp³-hybridized carbons (Fsp3) is 0.600. The third-order valence-corrected chi connectivity index (χ3v) is 3.89. The van der Waals surface area contributed by atoms with Gasteiger partial charge in [0.2, 0.25) is 0 Å². The fourth-order valence-corrected chi connectivity index (χ4v) is 2.97. The van der Waals surface area contributed by atoms with Gasteiger partial charge in [0.1, 0.15) is 5.75 Å². The molecule has 2 rings (SSSR count). The molecule has 2 nitrogen and oxygen atoms in total. The van der Waals surface area contributed by atoms with E-state index < -0.39 is 5.92 Å². The van der Waals surface area contributed by atoms with Crippen LogP contribution in [-0.4, -0.2) is 30.0 Å². The molecule has 112 valence electrons. The third-order valence-electron chi connectivity index (χ3n) is 3.27. The summed E-state index contributed by atoms with van der Waals surface area (Å²) in [6.07, 6.45) is 0.592. The van der Waals surface area contributed by atoms with Gasteiger partial charge in [0.15, 0.2) is 0 Å². The Hall–Kier alpha value is -0.680. The number of likely N-dealkylation sites (tertiary alicyclic amines) is 1. The number of hydrogen-bond donors (Lipinski definition) is 0. The van der Waals surface area contributed by atoms with Crippen molar-refractivity contribution in [2.75, 3.05) is 13.1 Å². The van der Waals surface area contributed by atoms with Gasteiger partial charge >= 0.3 is 0 Å². The van der Waals surface area contributed by atoms with Crippen molar-refractivity contribution in [3.63, 3.8) is 0 Å². The number of hydrogen-bond acceptors (Lipinski definition) is 2. The van der Waals surface area contributed by atoms with Gasteiger partial charge in [-0.05, 0) is 48.8 Å². The van der Waals surface area contributed by atoms with E-state index in [2.05, 4.69) is 15.9 Å². The predicted molar refractivity (Wildman–Crippen MR) is 79.4 cm³/mol. The van der Waals surface area contributed by atoms with E-state index in [9.17, 15) is 8.78 Å². The Bertz CT molecular complexity index is 465. The molecule has 1 fully saturated rings. The zero-order valence-electron chi connectivity index (χ0n) is 11.8. The molecule has 0 spiro atoms. The van der Waals surface area contributed by atoms with Gasteiger partial charge in [-0.15, -0.1) is 0 Å². The molecule has 1 aromatic rings. The normalized spacial score (nSPS) is 19.3. The molecule has 1 heterocycles. The lowest BCUT2D eigenvalue weighted by atomic mass is 10.1. The van der Waals surface area contributed by atoms with Crippen LogP contribution < -0.4 is 4.74 Å². The van der Waals surface area contributed by atoms with Crippen molar-refractivity contribution >= 4 is 15.9 Å². The van der Waals surface area contributed by atoms with E-state index >= 15 is 0 Å². The largest absolute Gasteiger partial charge is 0.489 e. The standard InChI is InChI=1S/C15H20BrF2NO/c1-11(2)20-14-12(5-3-6-13(14)16)9-19-8-4-7-15(17,18)10-19/h3,5-6,11H,4,7-10H2,1-2H3. The van der Waals surface area contributed by atoms with Crippen LogP contribution in [0, 0.1) is 0 Å². The van der Waals surface area contributed by atoms with E-state index in [1.807, 2.05) is 32.0 Å². The van der Waals surface area contributed by atoms with Crippen molar-refractivity contribution in [1.82, 2.24) is 4.90 Å². The van der Waals surface area contributed by atoms with Crippen molar-refractivity contribution in [2.45, 2.75) is 45.3 Å². The van der Waals surface area contributed by atoms with E-state index in [0.29, 0.717) is 19.5 Å². The monoisotopic (exact) mass is 347 g/mol. The highest BCUT2D eigenvalue weighted by Crippen LogP contribution is 2.33. The first-order chi connectivity index (χ1) is 9.37. The van der Waals surface area contributed by atoms with Crippen LogP contribution in [0.15, 0.2) is 22.7 Å². The predicted octanol–water partition coefficient (Wildman–Crippen LogP) is 4.47. The molecule has 0 amide bonds. The molecule has 20 heavy (non-hydrogen) atoms. The number of piperidine rings is 1. The van der Waals surface area contributed by atoms with Crippen LogP contribution in [0.4, 0.5) is 8.78 Å². The SMILES string of the molecule is CC(C)Oc1c(Br)cccc1CN1CCCC(F)(F)C1. The summed E-state index contributed by atoms with van der Waals surface area (Å²) in [7, 11) is 0. The highest BCUT2D eigenvalue weighted by atomic mass is 79.9. The summed E-state index contributed by atoms with van der Waals surface area (Å²) in [4.78, 5) is 1.80. The van der Waals surface area contributed by atoms with Crippen molar-refractivity contribution in [1.29, 1.82) is 0 Å². The van der Waals surface area contributed by atoms with E-state index in [1.165, 1.54) is 0 Å². The molecule has 1 aliphatic rings. The van der Waals surface area contributed by atoms with E-state index in [0.717, 1.165) is 15.8 Å². The van der Waals surface area contributed by atoms with Crippen LogP contribution in [0.2, 0.25) is 0 Å². The summed E-state index contributed by atoms with van der Waals surface area (Å²) in [5.41, 5.74) is 0.950. The molecule has 0 radical (unpaired) electrons. The summed E-state index contributed by atoms with van der Waals surface area (Å²) >= 11 is 3.47. The van der Waals surface area contributed by atoms with Gasteiger partial charge in [-0.2, -0.15) is 0 Å². The van der Waals surface area contributed by atoms with Crippen molar-refractivity contribution in [2.24, 2.45) is 0 Å². The quantitative estimate of drug-likeness (QED) is 0.796. The Labute approximate surface area is 127 Å². The number of nitrogens with zero attached hydrogens (tertiary/aromatic N) is 1. The molecule has 0 bridgehead atoms. The molecule has 0 atom stereocenters. The summed E-state index contributed by atoms with van der Waals surface area (Å²) in [5, 5.41) is 0. The van der Waals surface area contributed by atoms with Crippen molar-refractivity contribution in [3.8, 4) is 5.75 Å². The van der Waals surface area contributed by atoms with Gasteiger partial charge < -0.3 is 4.74 Å². The van der Waals surface area contributed by atoms with Gasteiger partial charge in [0.05, 0.1) is 17.1 Å². The lowest BCUT2D eigenvalue weighted by Crippen LogP contribution is -2.42. The highest BCUT2D eigenvalue weighted by molar-refractivity contribution is 9.10. The average Bonchev–Trinajstić information content (AvgIpc) is 2.32. The maximum absolute atomic E-state index is 13.5. The van der Waals surface area contributed by atoms with Gasteiger partial charge in [0.25, 0.3) is 5.92 Å². The smallest absolute Gasteiger partial charge is 0.260 e. The number of alkyl halides is 2. The number of halogens is 3. The number of ether oxygens (including phenoxy) is 1. The molecule has 0 saturated carbocycles. The fourth-order valence-electron chi connectivity index (χ4n) is 2.47.